The van der Waals surface area contributed by atoms with Crippen LogP contribution in [0.3, 0.4) is 0 Å². The Hall–Kier alpha value is -0.970. The molecule has 134 valence electrons. The number of sulfonamides is 1. The molecule has 3 rings (SSSR count). The molecule has 0 saturated carbocycles. The molecule has 2 fully saturated rings. The fourth-order valence-corrected chi connectivity index (χ4v) is 7.41. The zero-order valence-corrected chi connectivity index (χ0v) is 15.5. The summed E-state index contributed by atoms with van der Waals surface area (Å²) in [7, 11) is -6.49. The number of carbonyl (C=O) groups is 1. The molecular weight excluding hydrogens is 372 g/mol. The number of rotatable bonds is 4. The van der Waals surface area contributed by atoms with E-state index in [1.807, 2.05) is 0 Å². The number of nitrogens with one attached hydrogen (secondary N) is 1. The van der Waals surface area contributed by atoms with Crippen molar-refractivity contribution in [2.45, 2.75) is 29.5 Å². The highest BCUT2D eigenvalue weighted by Gasteiger charge is 2.35. The molecule has 0 aromatic carbocycles. The lowest BCUT2D eigenvalue weighted by Crippen LogP contribution is -2.45. The number of thiophene rings is 1. The molecule has 1 amide bonds. The van der Waals surface area contributed by atoms with Crippen LogP contribution in [0.5, 0.6) is 0 Å². The van der Waals surface area contributed by atoms with Crippen molar-refractivity contribution in [3.8, 4) is 0 Å². The van der Waals surface area contributed by atoms with E-state index in [1.54, 1.807) is 17.5 Å². The molecule has 2 aliphatic heterocycles. The maximum Gasteiger partial charge on any atom is 0.252 e. The maximum atomic E-state index is 12.4. The first-order valence-corrected chi connectivity index (χ1v) is 12.0. The topological polar surface area (TPSA) is 101 Å². The average molecular weight is 393 g/mol. The lowest BCUT2D eigenvalue weighted by atomic mass is 9.97. The van der Waals surface area contributed by atoms with Gasteiger partial charge in [-0.05, 0) is 30.7 Å². The van der Waals surface area contributed by atoms with Crippen molar-refractivity contribution in [2.75, 3.05) is 24.6 Å². The van der Waals surface area contributed by atoms with Crippen LogP contribution in [0.25, 0.3) is 0 Å². The number of nitrogens with zero attached hydrogens (tertiary/aromatic N) is 1. The fraction of sp³-hybridized carbons (Fsp3) is 0.643. The summed E-state index contributed by atoms with van der Waals surface area (Å²) < 4.78 is 49.5. The molecule has 0 unspecified atom stereocenters. The van der Waals surface area contributed by atoms with Crippen LogP contribution < -0.4 is 5.32 Å². The van der Waals surface area contributed by atoms with Crippen LogP contribution in [0.2, 0.25) is 0 Å². The standard InChI is InChI=1S/C14H20N2O5S3/c17-14(15-12-5-9-23(18,19)10-12)11-3-6-16(7-4-11)24(20,21)13-2-1-8-22-13/h1-2,8,11-12H,3-7,9-10H2,(H,15,17)/t12-/m0/s1. The molecule has 2 saturated heterocycles. The molecule has 1 atom stereocenters. The van der Waals surface area contributed by atoms with Crippen molar-refractivity contribution in [2.24, 2.45) is 5.92 Å². The molecule has 0 bridgehead atoms. The van der Waals surface area contributed by atoms with Gasteiger partial charge < -0.3 is 5.32 Å². The highest BCUT2D eigenvalue weighted by Crippen LogP contribution is 2.26. The number of amides is 1. The van der Waals surface area contributed by atoms with Crippen molar-refractivity contribution in [3.63, 3.8) is 0 Å². The van der Waals surface area contributed by atoms with Gasteiger partial charge in [0.05, 0.1) is 11.5 Å². The summed E-state index contributed by atoms with van der Waals surface area (Å²) in [5.74, 6) is -0.298. The average Bonchev–Trinajstić information content (AvgIpc) is 3.17. The smallest absolute Gasteiger partial charge is 0.252 e. The van der Waals surface area contributed by atoms with E-state index in [1.165, 1.54) is 15.6 Å². The van der Waals surface area contributed by atoms with Crippen LogP contribution >= 0.6 is 11.3 Å². The molecule has 1 aromatic heterocycles. The van der Waals surface area contributed by atoms with Gasteiger partial charge in [-0.1, -0.05) is 6.07 Å². The molecule has 2 aliphatic rings. The summed E-state index contributed by atoms with van der Waals surface area (Å²) in [6.45, 7) is 0.614. The molecule has 7 nitrogen and oxygen atoms in total. The van der Waals surface area contributed by atoms with E-state index < -0.39 is 19.9 Å². The normalized spacial score (nSPS) is 25.6. The lowest BCUT2D eigenvalue weighted by molar-refractivity contribution is -0.126. The van der Waals surface area contributed by atoms with Gasteiger partial charge in [-0.25, -0.2) is 16.8 Å². The molecule has 1 N–H and O–H groups in total. The van der Waals surface area contributed by atoms with Gasteiger partial charge in [0.2, 0.25) is 5.91 Å². The summed E-state index contributed by atoms with van der Waals surface area (Å²) in [6, 6.07) is 2.97. The Balaban J connectivity index is 1.54. The van der Waals surface area contributed by atoms with Crippen molar-refractivity contribution in [1.82, 2.24) is 9.62 Å². The Morgan fingerprint density at radius 3 is 2.50 bits per heavy atom. The SMILES string of the molecule is O=C(N[C@H]1CCS(=O)(=O)C1)C1CCN(S(=O)(=O)c2cccs2)CC1. The van der Waals surface area contributed by atoms with Gasteiger partial charge >= 0.3 is 0 Å². The zero-order valence-electron chi connectivity index (χ0n) is 13.0. The van der Waals surface area contributed by atoms with Crippen molar-refractivity contribution in [1.29, 1.82) is 0 Å². The minimum atomic E-state index is -3.46. The number of piperidine rings is 1. The van der Waals surface area contributed by atoms with Gasteiger partial charge in [0, 0.05) is 25.0 Å². The third-order valence-electron chi connectivity index (χ3n) is 4.49. The predicted octanol–water partition coefficient (Wildman–Crippen LogP) is 0.452. The predicted molar refractivity (Wildman–Crippen MR) is 91.0 cm³/mol. The van der Waals surface area contributed by atoms with Gasteiger partial charge in [0.25, 0.3) is 10.0 Å². The van der Waals surface area contributed by atoms with Crippen LogP contribution in [0.4, 0.5) is 0 Å². The van der Waals surface area contributed by atoms with Crippen LogP contribution in [0.15, 0.2) is 21.7 Å². The van der Waals surface area contributed by atoms with Crippen molar-refractivity contribution in [3.05, 3.63) is 17.5 Å². The lowest BCUT2D eigenvalue weighted by Gasteiger charge is -2.30. The van der Waals surface area contributed by atoms with Crippen LogP contribution in [-0.4, -0.2) is 57.7 Å². The molecule has 24 heavy (non-hydrogen) atoms. The van der Waals surface area contributed by atoms with E-state index in [9.17, 15) is 21.6 Å². The molecule has 0 aliphatic carbocycles. The second kappa shape index (κ2) is 6.74. The minimum Gasteiger partial charge on any atom is -0.352 e. The quantitative estimate of drug-likeness (QED) is 0.802. The number of hydrogen-bond donors (Lipinski definition) is 1. The van der Waals surface area contributed by atoms with E-state index in [0.717, 1.165) is 0 Å². The Morgan fingerprint density at radius 2 is 1.96 bits per heavy atom. The Morgan fingerprint density at radius 1 is 1.25 bits per heavy atom. The maximum absolute atomic E-state index is 12.4. The molecule has 0 spiro atoms. The Labute approximate surface area is 146 Å². The fourth-order valence-electron chi connectivity index (χ4n) is 3.12. The third kappa shape index (κ3) is 3.81. The zero-order chi connectivity index (χ0) is 17.4. The monoisotopic (exact) mass is 392 g/mol. The van der Waals surface area contributed by atoms with Crippen LogP contribution in [-0.2, 0) is 24.7 Å². The van der Waals surface area contributed by atoms with Gasteiger partial charge in [0.1, 0.15) is 4.21 Å². The number of sulfone groups is 1. The summed E-state index contributed by atoms with van der Waals surface area (Å²) in [5.41, 5.74) is 0. The second-order valence-electron chi connectivity index (χ2n) is 6.22. The van der Waals surface area contributed by atoms with Crippen LogP contribution in [0, 0.1) is 5.92 Å². The first-order valence-electron chi connectivity index (χ1n) is 7.82. The van der Waals surface area contributed by atoms with E-state index >= 15 is 0 Å². The van der Waals surface area contributed by atoms with Gasteiger partial charge in [-0.15, -0.1) is 11.3 Å². The summed E-state index contributed by atoms with van der Waals surface area (Å²) in [6.07, 6.45) is 1.37. The molecule has 0 radical (unpaired) electrons. The molecule has 10 heteroatoms. The summed E-state index contributed by atoms with van der Waals surface area (Å²) in [5, 5.41) is 4.53. The molecule has 1 aromatic rings. The third-order valence-corrected chi connectivity index (χ3v) is 9.53. The van der Waals surface area contributed by atoms with Crippen molar-refractivity contribution >= 4 is 37.1 Å². The summed E-state index contributed by atoms with van der Waals surface area (Å²) in [4.78, 5) is 12.3. The Bertz CT molecular complexity index is 793. The van der Waals surface area contributed by atoms with Crippen LogP contribution in [0.1, 0.15) is 19.3 Å². The minimum absolute atomic E-state index is 0.00431. The summed E-state index contributed by atoms with van der Waals surface area (Å²) >= 11 is 1.19. The van der Waals surface area contributed by atoms with Crippen molar-refractivity contribution < 1.29 is 21.6 Å². The van der Waals surface area contributed by atoms with E-state index in [-0.39, 0.29) is 29.4 Å². The highest BCUT2D eigenvalue weighted by molar-refractivity contribution is 7.91. The van der Waals surface area contributed by atoms with Gasteiger partial charge in [-0.3, -0.25) is 4.79 Å². The Kier molecular flexibility index (Phi) is 5.01. The van der Waals surface area contributed by atoms with E-state index in [4.69, 9.17) is 0 Å². The highest BCUT2D eigenvalue weighted by atomic mass is 32.2. The molecule has 3 heterocycles. The first-order chi connectivity index (χ1) is 11.3. The van der Waals surface area contributed by atoms with Gasteiger partial charge in [-0.2, -0.15) is 4.31 Å². The van der Waals surface area contributed by atoms with E-state index in [2.05, 4.69) is 5.32 Å². The first kappa shape index (κ1) is 17.8. The number of hydrogen-bond acceptors (Lipinski definition) is 6. The number of carbonyl (C=O) groups excluding carboxylic acids is 1. The second-order valence-corrected chi connectivity index (χ2v) is 11.6. The van der Waals surface area contributed by atoms with E-state index in [0.29, 0.717) is 36.6 Å². The largest absolute Gasteiger partial charge is 0.352 e. The van der Waals surface area contributed by atoms with Gasteiger partial charge in [0.15, 0.2) is 9.84 Å². The molecular formula is C14H20N2O5S3.